The maximum atomic E-state index is 6.53. The summed E-state index contributed by atoms with van der Waals surface area (Å²) < 4.78 is 25.7. The maximum absolute atomic E-state index is 6.53. The van der Waals surface area contributed by atoms with E-state index in [0.717, 1.165) is 184 Å². The van der Waals surface area contributed by atoms with Gasteiger partial charge in [0.25, 0.3) is 0 Å². The molecule has 0 spiro atoms. The molecule has 21 rings (SSSR count). The van der Waals surface area contributed by atoms with E-state index < -0.39 is 5.41 Å². The molecule has 101 heavy (non-hydrogen) atoms. The van der Waals surface area contributed by atoms with Crippen molar-refractivity contribution in [2.24, 2.45) is 0 Å². The highest BCUT2D eigenvalue weighted by Crippen LogP contribution is 2.64. The number of hydrogen-bond donors (Lipinski definition) is 0. The molecule has 12 nitrogen and oxygen atoms in total. The average molecular weight is 1310 g/mol. The Hall–Kier alpha value is -13.3. The molecule has 0 fully saturated rings. The van der Waals surface area contributed by atoms with Crippen LogP contribution in [0.15, 0.2) is 349 Å². The van der Waals surface area contributed by atoms with Crippen LogP contribution < -0.4 is 39.2 Å². The lowest BCUT2D eigenvalue weighted by Gasteiger charge is -2.43. The molecule has 7 aliphatic rings. The Balaban J connectivity index is 0.896. The Bertz CT molecular complexity index is 5200. The summed E-state index contributed by atoms with van der Waals surface area (Å²) in [4.78, 5) is 19.0. The first-order valence-electron chi connectivity index (χ1n) is 34.5. The molecule has 0 bridgehead atoms. The van der Waals surface area contributed by atoms with Crippen molar-refractivity contribution in [1.29, 1.82) is 0 Å². The number of anilines is 22. The minimum Gasteiger partial charge on any atom is -0.478 e. The molecular formula is C89H62N8O4. The summed E-state index contributed by atoms with van der Waals surface area (Å²) in [6, 6.07) is 111. The minimum atomic E-state index is -1.06. The standard InChI is InChI=1S/C89H62N8O4/c1-3-27-67-65(25-1)66-26-2-4-28-68(66)89(67,59-53-61(90-69-29-5-13-37-77(69)94(85-45-21-49-98-85)78-38-14-6-30-70(78)90)57-62(54-59)91-71-31-7-15-39-79(71)95(86-46-22-50-99-86)80-40-16-8-32-72(80)91)60-55-63(92-73-33-9-17-41-81(73)96(87-47-23-51-100-87)82-42-18-10-34-74(82)92)58-64(56-60)93-75-35-11-19-43-83(75)97(88-48-24-52-101-88)84-44-20-12-36-76(84)93/h1-21,23,25-49,51,53-58H,22,24,50,52H2. The van der Waals surface area contributed by atoms with Crippen molar-refractivity contribution in [2.45, 2.75) is 18.3 Å². The first-order chi connectivity index (χ1) is 50.2. The van der Waals surface area contributed by atoms with E-state index in [1.54, 1.807) is 12.5 Å². The number of para-hydroxylation sites is 16. The number of hydrogen-bond acceptors (Lipinski definition) is 12. The van der Waals surface area contributed by atoms with Gasteiger partial charge in [-0.2, -0.15) is 0 Å². The summed E-state index contributed by atoms with van der Waals surface area (Å²) in [6.45, 7) is 1.25. The summed E-state index contributed by atoms with van der Waals surface area (Å²) in [5.41, 5.74) is 25.6. The summed E-state index contributed by atoms with van der Waals surface area (Å²) in [7, 11) is 0. The van der Waals surface area contributed by atoms with Gasteiger partial charge in [0.2, 0.25) is 11.8 Å². The van der Waals surface area contributed by atoms with E-state index in [2.05, 4.69) is 330 Å². The van der Waals surface area contributed by atoms with Gasteiger partial charge in [0.05, 0.1) is 122 Å². The molecule has 482 valence electrons. The fourth-order valence-electron chi connectivity index (χ4n) is 16.9. The molecule has 12 heteroatoms. The van der Waals surface area contributed by atoms with Crippen LogP contribution in [0.2, 0.25) is 0 Å². The molecule has 0 N–H and O–H groups in total. The second-order valence-corrected chi connectivity index (χ2v) is 26.2. The second kappa shape index (κ2) is 22.4. The minimum absolute atomic E-state index is 0.623. The molecular weight excluding hydrogens is 1250 g/mol. The normalized spacial score (nSPS) is 15.4. The predicted molar refractivity (Wildman–Crippen MR) is 405 cm³/mol. The van der Waals surface area contributed by atoms with Crippen molar-refractivity contribution in [3.05, 3.63) is 362 Å². The molecule has 0 saturated carbocycles. The molecule has 0 unspecified atom stereocenters. The van der Waals surface area contributed by atoms with Gasteiger partial charge in [-0.05, 0) is 191 Å². The third kappa shape index (κ3) is 8.36. The van der Waals surface area contributed by atoms with Crippen LogP contribution in [-0.4, -0.2) is 13.2 Å². The zero-order valence-corrected chi connectivity index (χ0v) is 54.7. The van der Waals surface area contributed by atoms with Crippen molar-refractivity contribution < 1.29 is 18.3 Å². The van der Waals surface area contributed by atoms with Crippen molar-refractivity contribution >= 4 is 126 Å². The van der Waals surface area contributed by atoms with E-state index in [4.69, 9.17) is 18.3 Å². The number of benzene rings is 12. The zero-order valence-electron chi connectivity index (χ0n) is 54.7. The summed E-state index contributed by atoms with van der Waals surface area (Å²) >= 11 is 0. The lowest BCUT2D eigenvalue weighted by Crippen LogP contribution is -2.32. The van der Waals surface area contributed by atoms with Crippen LogP contribution >= 0.6 is 0 Å². The Morgan fingerprint density at radius 3 is 0.733 bits per heavy atom. The maximum Gasteiger partial charge on any atom is 0.204 e. The van der Waals surface area contributed by atoms with Gasteiger partial charge in [0.1, 0.15) is 0 Å². The fourth-order valence-corrected chi connectivity index (χ4v) is 16.9. The Morgan fingerprint density at radius 1 is 0.238 bits per heavy atom. The van der Waals surface area contributed by atoms with Crippen LogP contribution in [0.25, 0.3) is 11.1 Å². The molecule has 12 aromatic carbocycles. The first-order valence-corrected chi connectivity index (χ1v) is 34.5. The van der Waals surface area contributed by atoms with Crippen molar-refractivity contribution in [1.82, 2.24) is 0 Å². The quantitative estimate of drug-likeness (QED) is 0.131. The van der Waals surface area contributed by atoms with Crippen molar-refractivity contribution in [2.75, 3.05) is 52.4 Å². The van der Waals surface area contributed by atoms with Crippen LogP contribution in [0.5, 0.6) is 0 Å². The molecule has 14 aromatic rings. The van der Waals surface area contributed by atoms with E-state index in [0.29, 0.717) is 13.2 Å². The number of ether oxygens (including phenoxy) is 2. The Morgan fingerprint density at radius 2 is 0.485 bits per heavy atom. The average Bonchev–Trinajstić information content (AvgIpc) is 1.57. The van der Waals surface area contributed by atoms with Crippen LogP contribution in [0, 0.1) is 0 Å². The van der Waals surface area contributed by atoms with Crippen LogP contribution in [0.1, 0.15) is 35.1 Å². The van der Waals surface area contributed by atoms with Gasteiger partial charge in [-0.1, -0.05) is 146 Å². The molecule has 0 atom stereocenters. The molecule has 1 aliphatic carbocycles. The lowest BCUT2D eigenvalue weighted by molar-refractivity contribution is 0.241. The van der Waals surface area contributed by atoms with Gasteiger partial charge in [0.15, 0.2) is 11.8 Å². The van der Waals surface area contributed by atoms with E-state index in [-0.39, 0.29) is 0 Å². The van der Waals surface area contributed by atoms with Crippen molar-refractivity contribution in [3.8, 4) is 11.1 Å². The predicted octanol–water partition coefficient (Wildman–Crippen LogP) is 24.1. The zero-order chi connectivity index (χ0) is 66.3. The van der Waals surface area contributed by atoms with Gasteiger partial charge in [0, 0.05) is 47.7 Å². The molecule has 6 aliphatic heterocycles. The summed E-state index contributed by atoms with van der Waals surface area (Å²) in [5.74, 6) is 3.12. The summed E-state index contributed by atoms with van der Waals surface area (Å²) in [6.07, 6.45) is 9.61. The smallest absolute Gasteiger partial charge is 0.204 e. The molecule has 2 aromatic heterocycles. The van der Waals surface area contributed by atoms with Crippen LogP contribution in [0.3, 0.4) is 0 Å². The number of fused-ring (bicyclic) bond motifs is 11. The highest BCUT2D eigenvalue weighted by molar-refractivity contribution is 6.07. The van der Waals surface area contributed by atoms with Crippen LogP contribution in [-0.2, 0) is 14.9 Å². The number of furan rings is 2. The highest BCUT2D eigenvalue weighted by Gasteiger charge is 2.49. The number of rotatable bonds is 10. The lowest BCUT2D eigenvalue weighted by atomic mass is 9.67. The van der Waals surface area contributed by atoms with Gasteiger partial charge < -0.3 is 37.9 Å². The van der Waals surface area contributed by atoms with Gasteiger partial charge in [-0.15, -0.1) is 0 Å². The largest absolute Gasteiger partial charge is 0.478 e. The Kier molecular flexibility index (Phi) is 12.6. The number of nitrogens with zero attached hydrogens (tertiary/aromatic N) is 8. The van der Waals surface area contributed by atoms with E-state index in [1.807, 2.05) is 24.3 Å². The van der Waals surface area contributed by atoms with E-state index >= 15 is 0 Å². The molecule has 0 saturated heterocycles. The first kappa shape index (κ1) is 56.8. The summed E-state index contributed by atoms with van der Waals surface area (Å²) in [5, 5.41) is 0. The SMILES string of the molecule is C1=C(N2c3ccccc3N(c3cc(N4c5ccccc5N(c5ccco5)c5ccccc54)cc(C4(c5cc(N6c7ccccc7N(C7=CCCO7)c7ccccc76)cc(N6c7ccccc7N(c7ccco7)c7ccccc76)c5)c5ccccc5-c5ccccc54)c3)c3ccccc32)OCC1. The van der Waals surface area contributed by atoms with E-state index in [9.17, 15) is 0 Å². The van der Waals surface area contributed by atoms with Crippen LogP contribution in [0.4, 0.5) is 126 Å². The van der Waals surface area contributed by atoms with Gasteiger partial charge in [-0.25, -0.2) is 0 Å². The molecule has 8 heterocycles. The topological polar surface area (TPSA) is 70.7 Å². The van der Waals surface area contributed by atoms with E-state index in [1.165, 1.54) is 0 Å². The fraction of sp³-hybridized carbons (Fsp3) is 0.0562. The van der Waals surface area contributed by atoms with Gasteiger partial charge >= 0.3 is 0 Å². The monoisotopic (exact) mass is 1310 g/mol. The molecule has 0 radical (unpaired) electrons. The highest BCUT2D eigenvalue weighted by atomic mass is 16.5. The second-order valence-electron chi connectivity index (χ2n) is 26.2. The third-order valence-electron chi connectivity index (χ3n) is 20.8. The van der Waals surface area contributed by atoms with Gasteiger partial charge in [-0.3, -0.25) is 19.6 Å². The Labute approximate surface area is 584 Å². The molecule has 0 amide bonds. The third-order valence-corrected chi connectivity index (χ3v) is 20.8. The van der Waals surface area contributed by atoms with Crippen molar-refractivity contribution in [3.63, 3.8) is 0 Å².